The summed E-state index contributed by atoms with van der Waals surface area (Å²) in [7, 11) is 0. The van der Waals surface area contributed by atoms with Gasteiger partial charge in [-0.3, -0.25) is 4.79 Å². The number of nitrogens with one attached hydrogen (secondary N) is 1. The highest BCUT2D eigenvalue weighted by Crippen LogP contribution is 2.29. The first-order valence-corrected chi connectivity index (χ1v) is 6.28. The zero-order valence-electron chi connectivity index (χ0n) is 11.0. The third-order valence-corrected chi connectivity index (χ3v) is 2.99. The fourth-order valence-corrected chi connectivity index (χ4v) is 1.83. The van der Waals surface area contributed by atoms with Crippen molar-refractivity contribution in [2.45, 2.75) is 65.8 Å². The Labute approximate surface area is 99.2 Å². The van der Waals surface area contributed by atoms with E-state index in [0.29, 0.717) is 12.8 Å². The van der Waals surface area contributed by atoms with Crippen molar-refractivity contribution in [3.8, 4) is 6.07 Å². The van der Waals surface area contributed by atoms with Crippen molar-refractivity contribution in [1.82, 2.24) is 5.32 Å². The molecule has 3 heteroatoms. The smallest absolute Gasteiger partial charge is 0.240 e. The number of carbonyl (C=O) groups excluding carboxylic acids is 1. The molecule has 0 bridgehead atoms. The van der Waals surface area contributed by atoms with Crippen LogP contribution in [0, 0.1) is 16.7 Å². The summed E-state index contributed by atoms with van der Waals surface area (Å²) in [6.07, 6.45) is 3.92. The van der Waals surface area contributed by atoms with Gasteiger partial charge in [0.05, 0.1) is 6.07 Å². The molecule has 0 aromatic carbocycles. The monoisotopic (exact) mass is 224 g/mol. The van der Waals surface area contributed by atoms with E-state index < -0.39 is 5.41 Å². The minimum absolute atomic E-state index is 0.0898. The van der Waals surface area contributed by atoms with Crippen molar-refractivity contribution >= 4 is 5.91 Å². The van der Waals surface area contributed by atoms with E-state index in [2.05, 4.69) is 11.4 Å². The van der Waals surface area contributed by atoms with Gasteiger partial charge in [0.15, 0.2) is 0 Å². The van der Waals surface area contributed by atoms with Gasteiger partial charge in [-0.2, -0.15) is 5.26 Å². The van der Waals surface area contributed by atoms with Gasteiger partial charge in [-0.1, -0.05) is 33.6 Å². The number of hydrogen-bond donors (Lipinski definition) is 1. The lowest BCUT2D eigenvalue weighted by atomic mass is 9.79. The van der Waals surface area contributed by atoms with Crippen LogP contribution >= 0.6 is 0 Å². The van der Waals surface area contributed by atoms with Crippen molar-refractivity contribution in [1.29, 1.82) is 5.26 Å². The maximum absolute atomic E-state index is 12.1. The molecule has 0 aliphatic rings. The Kier molecular flexibility index (Phi) is 6.80. The first kappa shape index (κ1) is 15.0. The molecular formula is C13H24N2O. The summed E-state index contributed by atoms with van der Waals surface area (Å²) in [6, 6.07) is 2.38. The molecule has 0 rings (SSSR count). The molecule has 1 atom stereocenters. The number of amides is 1. The second-order valence-electron chi connectivity index (χ2n) is 4.48. The van der Waals surface area contributed by atoms with Gasteiger partial charge in [0.2, 0.25) is 5.91 Å². The van der Waals surface area contributed by atoms with Crippen LogP contribution in [0.25, 0.3) is 0 Å². The molecule has 1 amide bonds. The molecule has 0 aliphatic heterocycles. The van der Waals surface area contributed by atoms with Crippen LogP contribution in [0.1, 0.15) is 59.8 Å². The van der Waals surface area contributed by atoms with Gasteiger partial charge in [-0.25, -0.2) is 0 Å². The van der Waals surface area contributed by atoms with Gasteiger partial charge in [0.25, 0.3) is 0 Å². The van der Waals surface area contributed by atoms with Crippen LogP contribution in [0.3, 0.4) is 0 Å². The topological polar surface area (TPSA) is 52.9 Å². The number of nitriles is 1. The highest BCUT2D eigenvalue weighted by Gasteiger charge is 2.37. The van der Waals surface area contributed by atoms with Crippen molar-refractivity contribution < 1.29 is 4.79 Å². The van der Waals surface area contributed by atoms with Crippen molar-refractivity contribution in [3.63, 3.8) is 0 Å². The lowest BCUT2D eigenvalue weighted by Gasteiger charge is -2.26. The molecule has 0 heterocycles. The molecule has 0 aliphatic carbocycles. The van der Waals surface area contributed by atoms with Crippen LogP contribution < -0.4 is 5.32 Å². The van der Waals surface area contributed by atoms with Crippen LogP contribution in [0.15, 0.2) is 0 Å². The van der Waals surface area contributed by atoms with Gasteiger partial charge in [0.1, 0.15) is 5.41 Å². The Morgan fingerprint density at radius 2 is 1.81 bits per heavy atom. The Balaban J connectivity index is 4.74. The van der Waals surface area contributed by atoms with Gasteiger partial charge in [-0.05, 0) is 26.2 Å². The van der Waals surface area contributed by atoms with Crippen molar-refractivity contribution in [2.24, 2.45) is 5.41 Å². The summed E-state index contributed by atoms with van der Waals surface area (Å²) in [4.78, 5) is 12.1. The highest BCUT2D eigenvalue weighted by molar-refractivity contribution is 5.85. The van der Waals surface area contributed by atoms with E-state index in [9.17, 15) is 10.1 Å². The fraction of sp³-hybridized carbons (Fsp3) is 0.846. The molecule has 0 radical (unpaired) electrons. The molecule has 16 heavy (non-hydrogen) atoms. The molecule has 0 fully saturated rings. The molecule has 0 aromatic rings. The van der Waals surface area contributed by atoms with E-state index in [1.165, 1.54) is 0 Å². The fourth-order valence-electron chi connectivity index (χ4n) is 1.83. The SMILES string of the molecule is CCCC(C#N)(CCC)C(=O)NC(C)CC. The molecule has 1 N–H and O–H groups in total. The predicted octanol–water partition coefficient (Wildman–Crippen LogP) is 3.01. The molecule has 0 spiro atoms. The average Bonchev–Trinajstić information content (AvgIpc) is 2.28. The Morgan fingerprint density at radius 3 is 2.12 bits per heavy atom. The van der Waals surface area contributed by atoms with Crippen molar-refractivity contribution in [2.75, 3.05) is 0 Å². The first-order chi connectivity index (χ1) is 7.56. The minimum atomic E-state index is -0.813. The third kappa shape index (κ3) is 3.84. The van der Waals surface area contributed by atoms with Crippen LogP contribution in [0.2, 0.25) is 0 Å². The third-order valence-electron chi connectivity index (χ3n) is 2.99. The van der Waals surface area contributed by atoms with Gasteiger partial charge in [-0.15, -0.1) is 0 Å². The second-order valence-corrected chi connectivity index (χ2v) is 4.48. The largest absolute Gasteiger partial charge is 0.352 e. The normalized spacial score (nSPS) is 12.9. The van der Waals surface area contributed by atoms with Crippen LogP contribution in [0.4, 0.5) is 0 Å². The zero-order valence-corrected chi connectivity index (χ0v) is 11.0. The van der Waals surface area contributed by atoms with E-state index in [1.807, 2.05) is 27.7 Å². The van der Waals surface area contributed by atoms with Gasteiger partial charge >= 0.3 is 0 Å². The molecule has 1 unspecified atom stereocenters. The summed E-state index contributed by atoms with van der Waals surface area (Å²) in [5.41, 5.74) is -0.813. The lowest BCUT2D eigenvalue weighted by Crippen LogP contribution is -2.43. The van der Waals surface area contributed by atoms with E-state index in [1.54, 1.807) is 0 Å². The van der Waals surface area contributed by atoms with Gasteiger partial charge in [0, 0.05) is 6.04 Å². The zero-order chi connectivity index (χ0) is 12.6. The standard InChI is InChI=1S/C13H24N2O/c1-5-8-13(10-14,9-6-2)12(16)15-11(4)7-3/h11H,5-9H2,1-4H3,(H,15,16). The van der Waals surface area contributed by atoms with Crippen molar-refractivity contribution in [3.05, 3.63) is 0 Å². The maximum atomic E-state index is 12.1. The Morgan fingerprint density at radius 1 is 1.31 bits per heavy atom. The van der Waals surface area contributed by atoms with E-state index in [-0.39, 0.29) is 11.9 Å². The minimum Gasteiger partial charge on any atom is -0.352 e. The molecular weight excluding hydrogens is 200 g/mol. The quantitative estimate of drug-likeness (QED) is 0.722. The summed E-state index contributed by atoms with van der Waals surface area (Å²) in [5, 5.41) is 12.2. The van der Waals surface area contributed by atoms with Crippen LogP contribution in [0.5, 0.6) is 0 Å². The number of nitrogens with zero attached hydrogens (tertiary/aromatic N) is 1. The summed E-state index contributed by atoms with van der Waals surface area (Å²) in [5.74, 6) is -0.0898. The van der Waals surface area contributed by atoms with E-state index in [0.717, 1.165) is 19.3 Å². The number of hydrogen-bond acceptors (Lipinski definition) is 2. The molecule has 0 saturated heterocycles. The highest BCUT2D eigenvalue weighted by atomic mass is 16.2. The van der Waals surface area contributed by atoms with Crippen LogP contribution in [-0.2, 0) is 4.79 Å². The summed E-state index contributed by atoms with van der Waals surface area (Å²) >= 11 is 0. The molecule has 3 nitrogen and oxygen atoms in total. The molecule has 0 saturated carbocycles. The number of carbonyl (C=O) groups is 1. The first-order valence-electron chi connectivity index (χ1n) is 6.28. The Hall–Kier alpha value is -1.04. The molecule has 92 valence electrons. The van der Waals surface area contributed by atoms with Gasteiger partial charge < -0.3 is 5.32 Å². The second kappa shape index (κ2) is 7.27. The Bertz CT molecular complexity index is 249. The summed E-state index contributed by atoms with van der Waals surface area (Å²) < 4.78 is 0. The van der Waals surface area contributed by atoms with Crippen LogP contribution in [-0.4, -0.2) is 11.9 Å². The van der Waals surface area contributed by atoms with E-state index >= 15 is 0 Å². The average molecular weight is 224 g/mol. The number of rotatable bonds is 7. The summed E-state index contributed by atoms with van der Waals surface area (Å²) in [6.45, 7) is 8.02. The van der Waals surface area contributed by atoms with E-state index in [4.69, 9.17) is 0 Å². The maximum Gasteiger partial charge on any atom is 0.240 e. The molecule has 0 aromatic heterocycles. The lowest BCUT2D eigenvalue weighted by molar-refractivity contribution is -0.129. The predicted molar refractivity (Wildman–Crippen MR) is 65.8 cm³/mol.